The zero-order valence-electron chi connectivity index (χ0n) is 14.5. The number of amides is 2. The lowest BCUT2D eigenvalue weighted by molar-refractivity contribution is 0.206. The predicted octanol–water partition coefficient (Wildman–Crippen LogP) is 3.78. The molecule has 0 spiro atoms. The summed E-state index contributed by atoms with van der Waals surface area (Å²) in [6.45, 7) is 0.348. The van der Waals surface area contributed by atoms with E-state index in [2.05, 4.69) is 15.4 Å². The summed E-state index contributed by atoms with van der Waals surface area (Å²) in [6.07, 6.45) is 5.62. The minimum absolute atomic E-state index is 0.0595. The summed E-state index contributed by atoms with van der Waals surface area (Å²) in [7, 11) is 0. The Balaban J connectivity index is 1.38. The minimum Gasteiger partial charge on any atom is -0.331 e. The Morgan fingerprint density at radius 3 is 2.85 bits per heavy atom. The maximum absolute atomic E-state index is 12.9. The highest BCUT2D eigenvalue weighted by Crippen LogP contribution is 2.41. The third-order valence-electron chi connectivity index (χ3n) is 4.77. The van der Waals surface area contributed by atoms with Crippen molar-refractivity contribution in [2.24, 2.45) is 5.10 Å². The molecule has 0 aliphatic carbocycles. The molecule has 27 heavy (non-hydrogen) atoms. The number of fused-ring (bicyclic) bond motifs is 4. The standard InChI is InChI=1S/C21H17N5O/c27-21(22-14-16-12-11-15-6-1-3-8-18(15)24-16)25-19-9-4-2-7-17(19)20-10-5-13-23-26(20)25/h1-13,20H,14H2,(H,22,27). The molecular formula is C21H17N5O. The van der Waals surface area contributed by atoms with Gasteiger partial charge in [0.1, 0.15) is 6.04 Å². The number of nitrogens with zero attached hydrogens (tertiary/aromatic N) is 4. The van der Waals surface area contributed by atoms with Crippen molar-refractivity contribution in [3.63, 3.8) is 0 Å². The number of nitrogens with one attached hydrogen (secondary N) is 1. The van der Waals surface area contributed by atoms with Crippen LogP contribution in [0.3, 0.4) is 0 Å². The molecule has 2 aromatic carbocycles. The van der Waals surface area contributed by atoms with Crippen LogP contribution in [-0.2, 0) is 6.54 Å². The topological polar surface area (TPSA) is 60.8 Å². The number of anilines is 1. The summed E-state index contributed by atoms with van der Waals surface area (Å²) in [6, 6.07) is 19.5. The van der Waals surface area contributed by atoms with Gasteiger partial charge < -0.3 is 5.32 Å². The molecular weight excluding hydrogens is 338 g/mol. The average molecular weight is 355 g/mol. The fourth-order valence-corrected chi connectivity index (χ4v) is 3.51. The molecule has 1 unspecified atom stereocenters. The van der Waals surface area contributed by atoms with Gasteiger partial charge in [0.05, 0.1) is 23.4 Å². The maximum Gasteiger partial charge on any atom is 0.342 e. The first-order chi connectivity index (χ1) is 13.3. The molecule has 2 amide bonds. The van der Waals surface area contributed by atoms with Gasteiger partial charge in [0.25, 0.3) is 0 Å². The van der Waals surface area contributed by atoms with Gasteiger partial charge >= 0.3 is 6.03 Å². The van der Waals surface area contributed by atoms with Crippen molar-refractivity contribution in [2.75, 3.05) is 5.01 Å². The molecule has 0 radical (unpaired) electrons. The summed E-state index contributed by atoms with van der Waals surface area (Å²) < 4.78 is 0. The molecule has 3 aromatic rings. The molecule has 1 atom stereocenters. The van der Waals surface area contributed by atoms with Crippen molar-refractivity contribution < 1.29 is 4.79 Å². The molecule has 3 heterocycles. The highest BCUT2D eigenvalue weighted by Gasteiger charge is 2.38. The van der Waals surface area contributed by atoms with E-state index in [0.717, 1.165) is 27.8 Å². The molecule has 5 rings (SSSR count). The van der Waals surface area contributed by atoms with E-state index in [0.29, 0.717) is 6.54 Å². The predicted molar refractivity (Wildman–Crippen MR) is 105 cm³/mol. The van der Waals surface area contributed by atoms with E-state index in [1.165, 1.54) is 0 Å². The summed E-state index contributed by atoms with van der Waals surface area (Å²) in [5.41, 5.74) is 3.63. The van der Waals surface area contributed by atoms with Crippen LogP contribution in [0.1, 0.15) is 17.3 Å². The molecule has 1 aromatic heterocycles. The van der Waals surface area contributed by atoms with E-state index in [1.54, 1.807) is 16.3 Å². The Bertz CT molecular complexity index is 1090. The molecule has 6 nitrogen and oxygen atoms in total. The highest BCUT2D eigenvalue weighted by molar-refractivity contribution is 5.94. The van der Waals surface area contributed by atoms with Gasteiger partial charge in [-0.15, -0.1) is 0 Å². The second-order valence-corrected chi connectivity index (χ2v) is 6.44. The third kappa shape index (κ3) is 2.62. The molecule has 0 fully saturated rings. The summed E-state index contributed by atoms with van der Waals surface area (Å²) in [4.78, 5) is 17.6. The van der Waals surface area contributed by atoms with Crippen LogP contribution in [0.4, 0.5) is 10.5 Å². The number of para-hydroxylation sites is 2. The molecule has 0 bridgehead atoms. The molecule has 6 heteroatoms. The number of hydrogen-bond donors (Lipinski definition) is 1. The van der Waals surface area contributed by atoms with Crippen molar-refractivity contribution in [3.05, 3.63) is 84.1 Å². The second-order valence-electron chi connectivity index (χ2n) is 6.44. The second kappa shape index (κ2) is 6.25. The van der Waals surface area contributed by atoms with E-state index in [-0.39, 0.29) is 12.1 Å². The molecule has 0 saturated heterocycles. The molecule has 132 valence electrons. The van der Waals surface area contributed by atoms with Gasteiger partial charge in [-0.05, 0) is 24.3 Å². The van der Waals surface area contributed by atoms with Crippen molar-refractivity contribution in [2.45, 2.75) is 12.6 Å². The molecule has 2 aliphatic rings. The zero-order chi connectivity index (χ0) is 18.2. The van der Waals surface area contributed by atoms with Crippen LogP contribution in [0, 0.1) is 0 Å². The number of rotatable bonds is 2. The van der Waals surface area contributed by atoms with Crippen LogP contribution < -0.4 is 10.3 Å². The minimum atomic E-state index is -0.229. The number of carbonyl (C=O) groups is 1. The highest BCUT2D eigenvalue weighted by atomic mass is 16.2. The van der Waals surface area contributed by atoms with E-state index >= 15 is 0 Å². The lowest BCUT2D eigenvalue weighted by Gasteiger charge is -2.29. The number of pyridine rings is 1. The van der Waals surface area contributed by atoms with Crippen molar-refractivity contribution in [1.82, 2.24) is 15.4 Å². The Morgan fingerprint density at radius 2 is 1.89 bits per heavy atom. The Kier molecular flexibility index (Phi) is 3.60. The van der Waals surface area contributed by atoms with Gasteiger partial charge in [-0.1, -0.05) is 48.5 Å². The zero-order valence-corrected chi connectivity index (χ0v) is 14.5. The number of benzene rings is 2. The van der Waals surface area contributed by atoms with Gasteiger partial charge in [-0.2, -0.15) is 15.2 Å². The number of hydrazine groups is 1. The number of carbonyl (C=O) groups excluding carboxylic acids is 1. The normalized spacial score (nSPS) is 17.1. The van der Waals surface area contributed by atoms with Gasteiger partial charge in [0, 0.05) is 17.2 Å². The Morgan fingerprint density at radius 1 is 1.04 bits per heavy atom. The van der Waals surface area contributed by atoms with Crippen LogP contribution in [0.5, 0.6) is 0 Å². The smallest absolute Gasteiger partial charge is 0.331 e. The number of aromatic nitrogens is 1. The Hall–Kier alpha value is -3.67. The van der Waals surface area contributed by atoms with E-state index in [9.17, 15) is 4.79 Å². The lowest BCUT2D eigenvalue weighted by Crippen LogP contribution is -2.46. The fraction of sp³-hybridized carbons (Fsp3) is 0.0952. The van der Waals surface area contributed by atoms with E-state index < -0.39 is 0 Å². The summed E-state index contributed by atoms with van der Waals surface area (Å²) in [5, 5.41) is 11.7. The van der Waals surface area contributed by atoms with E-state index in [1.807, 2.05) is 72.8 Å². The lowest BCUT2D eigenvalue weighted by atomic mass is 10.1. The average Bonchev–Trinajstić information content (AvgIpc) is 3.06. The van der Waals surface area contributed by atoms with Crippen molar-refractivity contribution in [1.29, 1.82) is 0 Å². The number of hydrogen-bond acceptors (Lipinski definition) is 4. The summed E-state index contributed by atoms with van der Waals surface area (Å²) >= 11 is 0. The van der Waals surface area contributed by atoms with Crippen LogP contribution >= 0.6 is 0 Å². The van der Waals surface area contributed by atoms with E-state index in [4.69, 9.17) is 0 Å². The van der Waals surface area contributed by atoms with Gasteiger partial charge in [0.15, 0.2) is 0 Å². The molecule has 1 N–H and O–H groups in total. The number of urea groups is 1. The number of hydrazone groups is 1. The van der Waals surface area contributed by atoms with Crippen LogP contribution in [0.15, 0.2) is 77.9 Å². The largest absolute Gasteiger partial charge is 0.342 e. The monoisotopic (exact) mass is 355 g/mol. The quantitative estimate of drug-likeness (QED) is 0.761. The van der Waals surface area contributed by atoms with Gasteiger partial charge in [-0.3, -0.25) is 4.98 Å². The first-order valence-corrected chi connectivity index (χ1v) is 8.83. The molecule has 2 aliphatic heterocycles. The van der Waals surface area contributed by atoms with Gasteiger partial charge in [-0.25, -0.2) is 4.79 Å². The third-order valence-corrected chi connectivity index (χ3v) is 4.77. The van der Waals surface area contributed by atoms with Crippen molar-refractivity contribution >= 4 is 28.8 Å². The van der Waals surface area contributed by atoms with Crippen LogP contribution in [0.25, 0.3) is 10.9 Å². The van der Waals surface area contributed by atoms with Crippen LogP contribution in [0.2, 0.25) is 0 Å². The SMILES string of the molecule is O=C(NCc1ccc2ccccc2n1)N1c2ccccc2C2C=CC=NN21. The first-order valence-electron chi connectivity index (χ1n) is 8.83. The fourth-order valence-electron chi connectivity index (χ4n) is 3.51. The van der Waals surface area contributed by atoms with Crippen molar-refractivity contribution in [3.8, 4) is 0 Å². The Labute approximate surface area is 156 Å². The maximum atomic E-state index is 12.9. The number of allylic oxidation sites excluding steroid dienone is 1. The first kappa shape index (κ1) is 15.6. The van der Waals surface area contributed by atoms with Crippen LogP contribution in [-0.4, -0.2) is 22.3 Å². The summed E-state index contributed by atoms with van der Waals surface area (Å²) in [5.74, 6) is 0. The van der Waals surface area contributed by atoms with Gasteiger partial charge in [0.2, 0.25) is 0 Å². The molecule has 0 saturated carbocycles.